The van der Waals surface area contributed by atoms with E-state index in [-0.39, 0.29) is 6.61 Å². The largest absolute Gasteiger partial charge is 0.486 e. The van der Waals surface area contributed by atoms with Crippen molar-refractivity contribution in [2.75, 3.05) is 5.32 Å². The standard InChI is InChI=1S/C22H16Br3Cl2N3O2/c1-12-6-16(4-5-17(12)23)29-22(31)30-28-10-13-7-18(24)21(19(25)8-13)32-11-14-2-3-15(26)9-20(14)27/h2-10H,11H2,1H3,(H2,29,30,31)/b28-10+. The minimum Gasteiger partial charge on any atom is -0.486 e. The first-order chi connectivity index (χ1) is 15.2. The van der Waals surface area contributed by atoms with Gasteiger partial charge in [0.1, 0.15) is 12.4 Å². The second kappa shape index (κ2) is 11.5. The molecule has 0 heterocycles. The molecule has 5 nitrogen and oxygen atoms in total. The summed E-state index contributed by atoms with van der Waals surface area (Å²) < 4.78 is 8.31. The highest BCUT2D eigenvalue weighted by Gasteiger charge is 2.11. The summed E-state index contributed by atoms with van der Waals surface area (Å²) in [6.07, 6.45) is 1.53. The Morgan fingerprint density at radius 3 is 2.41 bits per heavy atom. The van der Waals surface area contributed by atoms with E-state index in [1.54, 1.807) is 18.2 Å². The van der Waals surface area contributed by atoms with E-state index >= 15 is 0 Å². The van der Waals surface area contributed by atoms with Crippen LogP contribution in [0.4, 0.5) is 10.5 Å². The number of halogens is 5. The van der Waals surface area contributed by atoms with Crippen molar-refractivity contribution in [3.8, 4) is 5.75 Å². The molecule has 0 radical (unpaired) electrons. The Morgan fingerprint density at radius 2 is 1.75 bits per heavy atom. The van der Waals surface area contributed by atoms with Crippen molar-refractivity contribution in [2.24, 2.45) is 5.10 Å². The lowest BCUT2D eigenvalue weighted by Gasteiger charge is -2.12. The van der Waals surface area contributed by atoms with Crippen molar-refractivity contribution in [1.82, 2.24) is 5.43 Å². The van der Waals surface area contributed by atoms with E-state index in [4.69, 9.17) is 27.9 Å². The van der Waals surface area contributed by atoms with Crippen LogP contribution in [0, 0.1) is 6.92 Å². The number of amides is 2. The van der Waals surface area contributed by atoms with Crippen LogP contribution in [0.1, 0.15) is 16.7 Å². The molecule has 0 saturated carbocycles. The van der Waals surface area contributed by atoms with E-state index in [2.05, 4.69) is 63.6 Å². The van der Waals surface area contributed by atoms with Crippen LogP contribution in [0.15, 0.2) is 67.1 Å². The molecule has 166 valence electrons. The Morgan fingerprint density at radius 1 is 1.03 bits per heavy atom. The number of aryl methyl sites for hydroxylation is 1. The maximum Gasteiger partial charge on any atom is 0.339 e. The molecule has 2 amide bonds. The third-order valence-corrected chi connectivity index (χ3v) is 6.86. The van der Waals surface area contributed by atoms with Gasteiger partial charge < -0.3 is 10.1 Å². The van der Waals surface area contributed by atoms with Crippen LogP contribution in [0.5, 0.6) is 5.75 Å². The van der Waals surface area contributed by atoms with E-state index in [0.717, 1.165) is 21.2 Å². The zero-order chi connectivity index (χ0) is 23.3. The fraction of sp³-hybridized carbons (Fsp3) is 0.0909. The van der Waals surface area contributed by atoms with Gasteiger partial charge in [-0.25, -0.2) is 10.2 Å². The SMILES string of the molecule is Cc1cc(NC(=O)N/N=C/c2cc(Br)c(OCc3ccc(Cl)cc3Cl)c(Br)c2)ccc1Br. The number of nitrogens with zero attached hydrogens (tertiary/aromatic N) is 1. The molecule has 3 aromatic rings. The van der Waals surface area contributed by atoms with Crippen molar-refractivity contribution in [3.63, 3.8) is 0 Å². The Balaban J connectivity index is 1.60. The van der Waals surface area contributed by atoms with Gasteiger partial charge in [-0.1, -0.05) is 45.2 Å². The summed E-state index contributed by atoms with van der Waals surface area (Å²) in [7, 11) is 0. The molecular weight excluding hydrogens is 649 g/mol. The highest BCUT2D eigenvalue weighted by atomic mass is 79.9. The van der Waals surface area contributed by atoms with Gasteiger partial charge in [0, 0.05) is 25.8 Å². The van der Waals surface area contributed by atoms with Crippen molar-refractivity contribution < 1.29 is 9.53 Å². The molecule has 10 heteroatoms. The quantitative estimate of drug-likeness (QED) is 0.206. The van der Waals surface area contributed by atoms with E-state index in [9.17, 15) is 4.79 Å². The Kier molecular flexibility index (Phi) is 9.02. The van der Waals surface area contributed by atoms with Gasteiger partial charge >= 0.3 is 6.03 Å². The molecule has 0 aliphatic carbocycles. The Labute approximate surface area is 220 Å². The summed E-state index contributed by atoms with van der Waals surface area (Å²) in [6, 6.07) is 14.0. The average molecular weight is 665 g/mol. The van der Waals surface area contributed by atoms with E-state index in [1.165, 1.54) is 6.21 Å². The van der Waals surface area contributed by atoms with Crippen LogP contribution in [0.2, 0.25) is 10.0 Å². The van der Waals surface area contributed by atoms with Crippen LogP contribution in [0.3, 0.4) is 0 Å². The second-order valence-electron chi connectivity index (χ2n) is 6.63. The minimum absolute atomic E-state index is 0.276. The monoisotopic (exact) mass is 661 g/mol. The molecule has 2 N–H and O–H groups in total. The highest BCUT2D eigenvalue weighted by molar-refractivity contribution is 9.11. The van der Waals surface area contributed by atoms with Crippen molar-refractivity contribution in [2.45, 2.75) is 13.5 Å². The van der Waals surface area contributed by atoms with Gasteiger partial charge in [-0.15, -0.1) is 0 Å². The third kappa shape index (κ3) is 6.96. The van der Waals surface area contributed by atoms with Crippen LogP contribution in [-0.4, -0.2) is 12.2 Å². The Hall–Kier alpha value is -1.58. The maximum absolute atomic E-state index is 12.1. The number of hydrogen-bond acceptors (Lipinski definition) is 3. The number of nitrogens with one attached hydrogen (secondary N) is 2. The number of urea groups is 1. The summed E-state index contributed by atoms with van der Waals surface area (Å²) in [6.45, 7) is 2.22. The van der Waals surface area contributed by atoms with Gasteiger partial charge in [-0.3, -0.25) is 0 Å². The third-order valence-electron chi connectivity index (χ3n) is 4.20. The molecule has 0 bridgehead atoms. The van der Waals surface area contributed by atoms with Gasteiger partial charge in [0.05, 0.1) is 15.2 Å². The number of ether oxygens (including phenoxy) is 1. The number of anilines is 1. The zero-order valence-electron chi connectivity index (χ0n) is 16.6. The van der Waals surface area contributed by atoms with Crippen LogP contribution < -0.4 is 15.5 Å². The van der Waals surface area contributed by atoms with Crippen LogP contribution >= 0.6 is 71.0 Å². The summed E-state index contributed by atoms with van der Waals surface area (Å²) in [4.78, 5) is 12.1. The molecular formula is C22H16Br3Cl2N3O2. The first-order valence-corrected chi connectivity index (χ1v) is 12.3. The second-order valence-corrected chi connectivity index (χ2v) is 10.0. The molecule has 3 aromatic carbocycles. The average Bonchev–Trinajstić information content (AvgIpc) is 2.71. The predicted octanol–water partition coefficient (Wildman–Crippen LogP) is 8.32. The normalized spacial score (nSPS) is 10.9. The van der Waals surface area contributed by atoms with E-state index < -0.39 is 6.03 Å². The number of hydrazone groups is 1. The first kappa shape index (κ1) is 25.1. The first-order valence-electron chi connectivity index (χ1n) is 9.15. The van der Waals surface area contributed by atoms with Crippen LogP contribution in [-0.2, 0) is 6.61 Å². The molecule has 0 spiro atoms. The van der Waals surface area contributed by atoms with Gasteiger partial charge in [0.15, 0.2) is 0 Å². The lowest BCUT2D eigenvalue weighted by molar-refractivity contribution is 0.252. The predicted molar refractivity (Wildman–Crippen MR) is 141 cm³/mol. The van der Waals surface area contributed by atoms with Crippen LogP contribution in [0.25, 0.3) is 0 Å². The fourth-order valence-electron chi connectivity index (χ4n) is 2.63. The lowest BCUT2D eigenvalue weighted by atomic mass is 10.2. The van der Waals surface area contributed by atoms with Crippen molar-refractivity contribution >= 4 is 88.9 Å². The molecule has 0 fully saturated rings. The number of carbonyl (C=O) groups is 1. The summed E-state index contributed by atoms with van der Waals surface area (Å²) >= 11 is 22.6. The van der Waals surface area contributed by atoms with Crippen molar-refractivity contribution in [3.05, 3.63) is 88.7 Å². The van der Waals surface area contributed by atoms with E-state index in [0.29, 0.717) is 30.4 Å². The molecule has 0 aliphatic heterocycles. The Bertz CT molecular complexity index is 1170. The van der Waals surface area contributed by atoms with E-state index in [1.807, 2.05) is 37.3 Å². The molecule has 32 heavy (non-hydrogen) atoms. The lowest BCUT2D eigenvalue weighted by Crippen LogP contribution is -2.24. The molecule has 0 saturated heterocycles. The van der Waals surface area contributed by atoms with Crippen molar-refractivity contribution in [1.29, 1.82) is 0 Å². The highest BCUT2D eigenvalue weighted by Crippen LogP contribution is 2.35. The fourth-order valence-corrected chi connectivity index (χ4v) is 4.79. The summed E-state index contributed by atoms with van der Waals surface area (Å²) in [5, 5.41) is 7.83. The number of rotatable bonds is 6. The summed E-state index contributed by atoms with van der Waals surface area (Å²) in [5.74, 6) is 0.615. The maximum atomic E-state index is 12.1. The number of benzene rings is 3. The molecule has 0 unspecified atom stereocenters. The number of carbonyl (C=O) groups excluding carboxylic acids is 1. The van der Waals surface area contributed by atoms with Gasteiger partial charge in [-0.2, -0.15) is 5.10 Å². The summed E-state index contributed by atoms with van der Waals surface area (Å²) in [5.41, 5.74) is 5.70. The van der Waals surface area contributed by atoms with Gasteiger partial charge in [0.25, 0.3) is 0 Å². The van der Waals surface area contributed by atoms with Gasteiger partial charge in [0.2, 0.25) is 0 Å². The zero-order valence-corrected chi connectivity index (χ0v) is 22.8. The van der Waals surface area contributed by atoms with Gasteiger partial charge in [-0.05, 0) is 92.4 Å². The molecule has 0 aliphatic rings. The molecule has 0 aromatic heterocycles. The molecule has 0 atom stereocenters. The number of hydrogen-bond donors (Lipinski definition) is 2. The topological polar surface area (TPSA) is 62.7 Å². The minimum atomic E-state index is -0.444. The molecule has 3 rings (SSSR count). The smallest absolute Gasteiger partial charge is 0.339 e.